The molecule has 8 heterocycles. The van der Waals surface area contributed by atoms with Gasteiger partial charge in [-0.15, -0.1) is 30.6 Å². The highest BCUT2D eigenvalue weighted by Gasteiger charge is 2.41. The minimum Gasteiger partial charge on any atom is -0.492 e. The number of anilines is 2. The Morgan fingerprint density at radius 2 is 0.846 bits per heavy atom. The number of benzene rings is 2. The molecule has 0 spiro atoms. The molecule has 4 saturated heterocycles. The minimum atomic E-state index is -4.66. The zero-order valence-electron chi connectivity index (χ0n) is 43.9. The summed E-state index contributed by atoms with van der Waals surface area (Å²) in [7, 11) is 0. The fourth-order valence-electron chi connectivity index (χ4n) is 10.4. The average molecular weight is 1100 g/mol. The highest BCUT2D eigenvalue weighted by Crippen LogP contribution is 2.37. The van der Waals surface area contributed by atoms with E-state index in [0.29, 0.717) is 97.2 Å². The van der Waals surface area contributed by atoms with E-state index in [-0.39, 0.29) is 35.2 Å². The van der Waals surface area contributed by atoms with E-state index in [4.69, 9.17) is 9.47 Å². The Kier molecular flexibility index (Phi) is 16.3. The Morgan fingerprint density at radius 3 is 1.15 bits per heavy atom. The SMILES string of the molecule is CC(=O)N1CCN([C@@H](C)COc2ccc(C3(O)CCN(c4ccc5nnc(C(F)(F)F)n5n4)CC3)cc2)CC1.CC(=O)N1CCN([C@H](C)COc2ccc(C3(O)CCN(c4ccc5nnc(C(F)(F)F)n5n4)CC3)cc2)CC1. The van der Waals surface area contributed by atoms with Crippen molar-refractivity contribution < 1.29 is 55.6 Å². The van der Waals surface area contributed by atoms with Gasteiger partial charge in [0.15, 0.2) is 11.3 Å². The van der Waals surface area contributed by atoms with Crippen LogP contribution in [0.5, 0.6) is 11.5 Å². The van der Waals surface area contributed by atoms with Crippen LogP contribution >= 0.6 is 0 Å². The molecule has 4 aliphatic heterocycles. The maximum atomic E-state index is 13.2. The number of hydrogen-bond donors (Lipinski definition) is 2. The zero-order valence-corrected chi connectivity index (χ0v) is 43.9. The molecule has 0 radical (unpaired) electrons. The number of hydrogen-bond acceptors (Lipinski definition) is 16. The summed E-state index contributed by atoms with van der Waals surface area (Å²) in [5.74, 6) is 0.0410. The summed E-state index contributed by atoms with van der Waals surface area (Å²) < 4.78 is 92.7. The lowest BCUT2D eigenvalue weighted by Gasteiger charge is -2.39. The van der Waals surface area contributed by atoms with Gasteiger partial charge in [-0.2, -0.15) is 35.4 Å². The van der Waals surface area contributed by atoms with Crippen LogP contribution in [0, 0.1) is 0 Å². The van der Waals surface area contributed by atoms with Gasteiger partial charge in [-0.3, -0.25) is 19.4 Å². The second-order valence-corrected chi connectivity index (χ2v) is 20.5. The molecule has 2 aromatic carbocycles. The van der Waals surface area contributed by atoms with E-state index in [0.717, 1.165) is 63.5 Å². The predicted octanol–water partition coefficient (Wildman–Crippen LogP) is 5.13. The maximum absolute atomic E-state index is 13.2. The molecule has 0 bridgehead atoms. The molecule has 2 N–H and O–H groups in total. The van der Waals surface area contributed by atoms with Crippen LogP contribution < -0.4 is 19.3 Å². The molecule has 20 nitrogen and oxygen atoms in total. The van der Waals surface area contributed by atoms with Gasteiger partial charge < -0.3 is 39.3 Å². The van der Waals surface area contributed by atoms with Crippen LogP contribution in [0.1, 0.15) is 76.2 Å². The first kappa shape index (κ1) is 55.8. The van der Waals surface area contributed by atoms with E-state index in [1.807, 2.05) is 68.1 Å². The Morgan fingerprint density at radius 1 is 0.513 bits per heavy atom. The minimum absolute atomic E-state index is 0.0202. The first-order valence-corrected chi connectivity index (χ1v) is 26.1. The molecule has 78 heavy (non-hydrogen) atoms. The van der Waals surface area contributed by atoms with Crippen LogP contribution in [-0.4, -0.2) is 185 Å². The van der Waals surface area contributed by atoms with Crippen molar-refractivity contribution >= 4 is 34.7 Å². The summed E-state index contributed by atoms with van der Waals surface area (Å²) in [5, 5.41) is 44.4. The lowest BCUT2D eigenvalue weighted by Crippen LogP contribution is -2.52. The highest BCUT2D eigenvalue weighted by atomic mass is 19.4. The van der Waals surface area contributed by atoms with Crippen LogP contribution in [0.15, 0.2) is 72.8 Å². The third-order valence-corrected chi connectivity index (χ3v) is 15.4. The van der Waals surface area contributed by atoms with E-state index in [1.165, 1.54) is 12.1 Å². The molecule has 6 aromatic rings. The fraction of sp³-hybridized carbons (Fsp3) is 0.538. The Balaban J connectivity index is 0.000000190. The molecule has 420 valence electrons. The molecule has 4 aliphatic rings. The van der Waals surface area contributed by atoms with Crippen LogP contribution in [-0.2, 0) is 33.1 Å². The first-order chi connectivity index (χ1) is 37.1. The summed E-state index contributed by atoms with van der Waals surface area (Å²) in [6.45, 7) is 16.3. The Hall–Kier alpha value is -6.90. The Labute approximate surface area is 446 Å². The largest absolute Gasteiger partial charge is 0.492 e. The van der Waals surface area contributed by atoms with Gasteiger partial charge in [0.2, 0.25) is 11.8 Å². The van der Waals surface area contributed by atoms with Gasteiger partial charge >= 0.3 is 12.4 Å². The molecule has 10 rings (SSSR count). The summed E-state index contributed by atoms with van der Waals surface area (Å²) in [4.78, 5) is 35.1. The standard InChI is InChI=1S/2C26H32F3N7O3/c2*1-18(33-13-15-34(16-14-33)19(2)37)17-39-21-5-3-20(4-6-21)25(38)9-11-35(12-10-25)23-8-7-22-30-31-24(26(27,28)29)36(22)32-23/h2*3-8,18,38H,9-17H2,1-2H3/t2*18-/m10/s1. The van der Waals surface area contributed by atoms with Gasteiger partial charge in [-0.05, 0) is 99.2 Å². The van der Waals surface area contributed by atoms with Gasteiger partial charge in [0.1, 0.15) is 36.3 Å². The number of ether oxygens (including phenoxy) is 2. The summed E-state index contributed by atoms with van der Waals surface area (Å²) in [6.07, 6.45) is -7.75. The lowest BCUT2D eigenvalue weighted by atomic mass is 9.84. The van der Waals surface area contributed by atoms with Crippen LogP contribution in [0.3, 0.4) is 0 Å². The monoisotopic (exact) mass is 1090 g/mol. The number of carbonyl (C=O) groups is 2. The van der Waals surface area contributed by atoms with E-state index < -0.39 is 35.2 Å². The number of nitrogens with zero attached hydrogens (tertiary/aromatic N) is 14. The van der Waals surface area contributed by atoms with Crippen LogP contribution in [0.2, 0.25) is 0 Å². The number of piperazine rings is 2. The highest BCUT2D eigenvalue weighted by molar-refractivity contribution is 5.73. The maximum Gasteiger partial charge on any atom is 0.453 e. The fourth-order valence-corrected chi connectivity index (χ4v) is 10.4. The molecule has 0 aliphatic carbocycles. The van der Waals surface area contributed by atoms with Crippen molar-refractivity contribution in [2.24, 2.45) is 0 Å². The summed E-state index contributed by atoms with van der Waals surface area (Å²) in [6, 6.07) is 21.4. The number of piperidine rings is 2. The molecule has 2 atom stereocenters. The topological polar surface area (TPSA) is 199 Å². The second kappa shape index (κ2) is 22.8. The number of amides is 2. The normalized spacial score (nSPS) is 19.3. The Bertz CT molecular complexity index is 2800. The number of carbonyl (C=O) groups excluding carboxylic acids is 2. The van der Waals surface area contributed by atoms with E-state index >= 15 is 0 Å². The first-order valence-electron chi connectivity index (χ1n) is 26.1. The van der Waals surface area contributed by atoms with Gasteiger partial charge in [-0.25, -0.2) is 0 Å². The van der Waals surface area contributed by atoms with Gasteiger partial charge in [-0.1, -0.05) is 24.3 Å². The summed E-state index contributed by atoms with van der Waals surface area (Å²) in [5.41, 5.74) is -0.542. The molecule has 2 amide bonds. The molecule has 0 unspecified atom stereocenters. The van der Waals surface area contributed by atoms with Gasteiger partial charge in [0.25, 0.3) is 11.6 Å². The quantitative estimate of drug-likeness (QED) is 0.153. The van der Waals surface area contributed by atoms with Crippen molar-refractivity contribution in [2.75, 3.05) is 102 Å². The third kappa shape index (κ3) is 12.7. The van der Waals surface area contributed by atoms with Crippen LogP contribution in [0.25, 0.3) is 11.3 Å². The van der Waals surface area contributed by atoms with E-state index in [1.54, 1.807) is 26.0 Å². The van der Waals surface area contributed by atoms with Crippen molar-refractivity contribution in [3.8, 4) is 11.5 Å². The molecule has 4 aromatic heterocycles. The molecule has 4 fully saturated rings. The third-order valence-electron chi connectivity index (χ3n) is 15.4. The second-order valence-electron chi connectivity index (χ2n) is 20.5. The molecule has 0 saturated carbocycles. The van der Waals surface area contributed by atoms with Crippen LogP contribution in [0.4, 0.5) is 38.0 Å². The smallest absolute Gasteiger partial charge is 0.453 e. The van der Waals surface area contributed by atoms with E-state index in [9.17, 15) is 46.1 Å². The van der Waals surface area contributed by atoms with Crippen molar-refractivity contribution in [3.63, 3.8) is 0 Å². The van der Waals surface area contributed by atoms with Gasteiger partial charge in [0.05, 0.1) is 11.2 Å². The molecular formula is C52H64F6N14O6. The average Bonchev–Trinajstić information content (AvgIpc) is 4.12. The van der Waals surface area contributed by atoms with Crippen molar-refractivity contribution in [1.29, 1.82) is 0 Å². The summed E-state index contributed by atoms with van der Waals surface area (Å²) >= 11 is 0. The zero-order chi connectivity index (χ0) is 55.6. The number of halogens is 6. The number of aromatic nitrogens is 8. The van der Waals surface area contributed by atoms with Crippen molar-refractivity contribution in [2.45, 2.75) is 89.0 Å². The number of aliphatic hydroxyl groups is 2. The lowest BCUT2D eigenvalue weighted by molar-refractivity contribution is -0.147. The predicted molar refractivity (Wildman–Crippen MR) is 273 cm³/mol. The van der Waals surface area contributed by atoms with E-state index in [2.05, 4.69) is 54.2 Å². The number of alkyl halides is 6. The van der Waals surface area contributed by atoms with Crippen molar-refractivity contribution in [1.82, 2.24) is 59.2 Å². The molecular weight excluding hydrogens is 1030 g/mol. The van der Waals surface area contributed by atoms with Crippen molar-refractivity contribution in [3.05, 3.63) is 95.6 Å². The molecule has 26 heteroatoms. The number of rotatable bonds is 12. The van der Waals surface area contributed by atoms with Gasteiger partial charge in [0, 0.05) is 104 Å². The number of fused-ring (bicyclic) bond motifs is 2.